The number of aliphatic hydroxyl groups excluding tert-OH is 1. The maximum absolute atomic E-state index is 9.65. The molecule has 0 radical (unpaired) electrons. The molecule has 0 bridgehead atoms. The third-order valence-electron chi connectivity index (χ3n) is 5.39. The van der Waals surface area contributed by atoms with Crippen molar-refractivity contribution in [3.8, 4) is 0 Å². The highest BCUT2D eigenvalue weighted by molar-refractivity contribution is 5.06. The van der Waals surface area contributed by atoms with Gasteiger partial charge in [-0.3, -0.25) is 4.90 Å². The summed E-state index contributed by atoms with van der Waals surface area (Å²) in [4.78, 5) is 2.49. The predicted octanol–water partition coefficient (Wildman–Crippen LogP) is 2.01. The molecule has 2 heterocycles. The van der Waals surface area contributed by atoms with E-state index in [9.17, 15) is 5.11 Å². The minimum Gasteiger partial charge on any atom is -0.395 e. The molecule has 0 aromatic rings. The van der Waals surface area contributed by atoms with Crippen molar-refractivity contribution >= 4 is 0 Å². The second kappa shape index (κ2) is 6.53. The first kappa shape index (κ1) is 17.2. The molecule has 2 aliphatic heterocycles. The Morgan fingerprint density at radius 2 is 1.90 bits per heavy atom. The molecule has 0 spiro atoms. The summed E-state index contributed by atoms with van der Waals surface area (Å²) in [6.45, 7) is 14.4. The topological polar surface area (TPSA) is 44.7 Å². The van der Waals surface area contributed by atoms with Crippen LogP contribution in [0.5, 0.6) is 0 Å². The highest BCUT2D eigenvalue weighted by atomic mass is 16.5. The minimum absolute atomic E-state index is 0.131. The number of hydrogen-bond acceptors (Lipinski definition) is 4. The second-order valence-corrected chi connectivity index (χ2v) is 7.78. The van der Waals surface area contributed by atoms with Crippen LogP contribution in [0.2, 0.25) is 0 Å². The van der Waals surface area contributed by atoms with E-state index in [4.69, 9.17) is 4.74 Å². The summed E-state index contributed by atoms with van der Waals surface area (Å²) in [7, 11) is 0. The normalized spacial score (nSPS) is 36.0. The molecule has 124 valence electrons. The Hall–Kier alpha value is -0.160. The standard InChI is InChI=1S/C17H34N2O2/c1-6-18-15-14(16(2,3)21-17(15,4)5)11-19-10-8-7-9-13(19)12-20/h13-15,18,20H,6-12H2,1-5H3. The number of likely N-dealkylation sites (N-methyl/N-ethyl adjacent to an activating group) is 1. The highest BCUT2D eigenvalue weighted by Gasteiger charge is 2.53. The first-order valence-corrected chi connectivity index (χ1v) is 8.60. The lowest BCUT2D eigenvalue weighted by molar-refractivity contribution is -0.0812. The van der Waals surface area contributed by atoms with E-state index in [0.717, 1.165) is 26.1 Å². The lowest BCUT2D eigenvalue weighted by atomic mass is 9.81. The quantitative estimate of drug-likeness (QED) is 0.815. The fourth-order valence-corrected chi connectivity index (χ4v) is 4.40. The fourth-order valence-electron chi connectivity index (χ4n) is 4.40. The summed E-state index contributed by atoms with van der Waals surface area (Å²) in [5, 5.41) is 13.3. The summed E-state index contributed by atoms with van der Waals surface area (Å²) >= 11 is 0. The molecule has 0 aliphatic carbocycles. The van der Waals surface area contributed by atoms with Crippen LogP contribution in [-0.2, 0) is 4.74 Å². The maximum Gasteiger partial charge on any atom is 0.0790 e. The van der Waals surface area contributed by atoms with Gasteiger partial charge < -0.3 is 15.2 Å². The zero-order valence-electron chi connectivity index (χ0n) is 14.5. The van der Waals surface area contributed by atoms with Crippen LogP contribution in [0.3, 0.4) is 0 Å². The number of aliphatic hydroxyl groups is 1. The molecule has 2 saturated heterocycles. The molecule has 0 aromatic heterocycles. The van der Waals surface area contributed by atoms with Gasteiger partial charge >= 0.3 is 0 Å². The van der Waals surface area contributed by atoms with Crippen LogP contribution in [-0.4, -0.2) is 59.5 Å². The van der Waals surface area contributed by atoms with Gasteiger partial charge in [-0.05, 0) is 53.6 Å². The minimum atomic E-state index is -0.144. The molecule has 0 saturated carbocycles. The van der Waals surface area contributed by atoms with Crippen molar-refractivity contribution in [3.63, 3.8) is 0 Å². The average Bonchev–Trinajstić information content (AvgIpc) is 2.57. The van der Waals surface area contributed by atoms with Crippen LogP contribution in [0.15, 0.2) is 0 Å². The van der Waals surface area contributed by atoms with Gasteiger partial charge in [0.1, 0.15) is 0 Å². The fraction of sp³-hybridized carbons (Fsp3) is 1.00. The lowest BCUT2D eigenvalue weighted by Crippen LogP contribution is -2.53. The van der Waals surface area contributed by atoms with Crippen LogP contribution in [0.4, 0.5) is 0 Å². The number of piperidine rings is 1. The summed E-state index contributed by atoms with van der Waals surface area (Å²) in [5.74, 6) is 0.444. The van der Waals surface area contributed by atoms with Gasteiger partial charge in [-0.15, -0.1) is 0 Å². The summed E-state index contributed by atoms with van der Waals surface area (Å²) in [6, 6.07) is 0.694. The van der Waals surface area contributed by atoms with E-state index in [-0.39, 0.29) is 17.8 Å². The van der Waals surface area contributed by atoms with Gasteiger partial charge in [0.05, 0.1) is 17.8 Å². The molecule has 4 nitrogen and oxygen atoms in total. The Morgan fingerprint density at radius 3 is 2.52 bits per heavy atom. The number of nitrogens with zero attached hydrogens (tertiary/aromatic N) is 1. The van der Waals surface area contributed by atoms with E-state index in [1.165, 1.54) is 12.8 Å². The number of nitrogens with one attached hydrogen (secondary N) is 1. The van der Waals surface area contributed by atoms with Crippen LogP contribution in [0.25, 0.3) is 0 Å². The summed E-state index contributed by atoms with van der Waals surface area (Å²) in [5.41, 5.74) is -0.275. The van der Waals surface area contributed by atoms with E-state index in [2.05, 4.69) is 44.8 Å². The van der Waals surface area contributed by atoms with Gasteiger partial charge in [0.15, 0.2) is 0 Å². The molecule has 2 rings (SSSR count). The van der Waals surface area contributed by atoms with E-state index in [1.54, 1.807) is 0 Å². The second-order valence-electron chi connectivity index (χ2n) is 7.78. The monoisotopic (exact) mass is 298 g/mol. The van der Waals surface area contributed by atoms with Gasteiger partial charge in [-0.25, -0.2) is 0 Å². The molecule has 4 heteroatoms. The zero-order valence-corrected chi connectivity index (χ0v) is 14.5. The maximum atomic E-state index is 9.65. The molecular formula is C17H34N2O2. The third-order valence-corrected chi connectivity index (χ3v) is 5.39. The first-order valence-electron chi connectivity index (χ1n) is 8.60. The highest BCUT2D eigenvalue weighted by Crippen LogP contribution is 2.43. The van der Waals surface area contributed by atoms with E-state index in [1.807, 2.05) is 0 Å². The Bertz CT molecular complexity index is 344. The van der Waals surface area contributed by atoms with Crippen LogP contribution >= 0.6 is 0 Å². The van der Waals surface area contributed by atoms with E-state index in [0.29, 0.717) is 18.0 Å². The Kier molecular flexibility index (Phi) is 5.35. The van der Waals surface area contributed by atoms with Gasteiger partial charge in [0.2, 0.25) is 0 Å². The molecule has 3 unspecified atom stereocenters. The van der Waals surface area contributed by atoms with Crippen LogP contribution < -0.4 is 5.32 Å². The number of likely N-dealkylation sites (tertiary alicyclic amines) is 1. The van der Waals surface area contributed by atoms with Crippen molar-refractivity contribution in [3.05, 3.63) is 0 Å². The molecule has 3 atom stereocenters. The van der Waals surface area contributed by atoms with Crippen molar-refractivity contribution in [1.82, 2.24) is 10.2 Å². The van der Waals surface area contributed by atoms with Crippen molar-refractivity contribution in [2.75, 3.05) is 26.2 Å². The Morgan fingerprint density at radius 1 is 1.19 bits per heavy atom. The third kappa shape index (κ3) is 3.61. The Balaban J connectivity index is 2.14. The van der Waals surface area contributed by atoms with Crippen molar-refractivity contribution in [1.29, 1.82) is 0 Å². The van der Waals surface area contributed by atoms with E-state index >= 15 is 0 Å². The average molecular weight is 298 g/mol. The summed E-state index contributed by atoms with van der Waals surface area (Å²) in [6.07, 6.45) is 3.62. The molecule has 0 aromatic carbocycles. The molecule has 0 amide bonds. The first-order chi connectivity index (χ1) is 9.81. The molecule has 2 aliphatic rings. The number of ether oxygens (including phenoxy) is 1. The Labute approximate surface area is 130 Å². The zero-order chi connectivity index (χ0) is 15.7. The molecule has 2 N–H and O–H groups in total. The van der Waals surface area contributed by atoms with Gasteiger partial charge in [-0.1, -0.05) is 13.3 Å². The number of rotatable bonds is 5. The van der Waals surface area contributed by atoms with E-state index < -0.39 is 0 Å². The van der Waals surface area contributed by atoms with Crippen LogP contribution in [0.1, 0.15) is 53.9 Å². The number of hydrogen-bond donors (Lipinski definition) is 2. The van der Waals surface area contributed by atoms with Crippen molar-refractivity contribution in [2.45, 2.75) is 77.2 Å². The lowest BCUT2D eigenvalue weighted by Gasteiger charge is -2.40. The largest absolute Gasteiger partial charge is 0.395 e. The summed E-state index contributed by atoms with van der Waals surface area (Å²) < 4.78 is 6.37. The molecule has 21 heavy (non-hydrogen) atoms. The smallest absolute Gasteiger partial charge is 0.0790 e. The van der Waals surface area contributed by atoms with Gasteiger partial charge in [0.25, 0.3) is 0 Å². The van der Waals surface area contributed by atoms with Gasteiger partial charge in [-0.2, -0.15) is 0 Å². The SMILES string of the molecule is CCNC1C(CN2CCCCC2CO)C(C)(C)OC1(C)C. The van der Waals surface area contributed by atoms with Crippen molar-refractivity contribution in [2.24, 2.45) is 5.92 Å². The molecule has 2 fully saturated rings. The van der Waals surface area contributed by atoms with Gasteiger partial charge in [0, 0.05) is 24.5 Å². The van der Waals surface area contributed by atoms with Crippen molar-refractivity contribution < 1.29 is 9.84 Å². The predicted molar refractivity (Wildman–Crippen MR) is 86.5 cm³/mol. The molecular weight excluding hydrogens is 264 g/mol. The van der Waals surface area contributed by atoms with Crippen LogP contribution in [0, 0.1) is 5.92 Å².